The van der Waals surface area contributed by atoms with Gasteiger partial charge in [0, 0.05) is 13.7 Å². The summed E-state index contributed by atoms with van der Waals surface area (Å²) in [5.41, 5.74) is 4.44. The van der Waals surface area contributed by atoms with Gasteiger partial charge in [-0.1, -0.05) is 42.5 Å². The third kappa shape index (κ3) is 3.78. The highest BCUT2D eigenvalue weighted by atomic mass is 16.5. The van der Waals surface area contributed by atoms with Gasteiger partial charge in [0.25, 0.3) is 5.91 Å². The van der Waals surface area contributed by atoms with Crippen molar-refractivity contribution in [3.8, 4) is 5.69 Å². The highest BCUT2D eigenvalue weighted by Crippen LogP contribution is 2.15. The van der Waals surface area contributed by atoms with E-state index in [0.717, 1.165) is 22.5 Å². The molecule has 3 aromatic rings. The predicted octanol–water partition coefficient (Wildman–Crippen LogP) is 3.26. The maximum absolute atomic E-state index is 12.6. The summed E-state index contributed by atoms with van der Waals surface area (Å²) >= 11 is 0. The van der Waals surface area contributed by atoms with Crippen LogP contribution in [0.1, 0.15) is 27.2 Å². The second-order valence-electron chi connectivity index (χ2n) is 5.78. The Hall–Kier alpha value is -2.92. The maximum Gasteiger partial charge on any atom is 0.255 e. The van der Waals surface area contributed by atoms with Crippen LogP contribution in [0.4, 0.5) is 0 Å². The monoisotopic (exact) mass is 335 g/mol. The summed E-state index contributed by atoms with van der Waals surface area (Å²) in [6.07, 6.45) is 1.61. The summed E-state index contributed by atoms with van der Waals surface area (Å²) in [4.78, 5) is 12.6. The fourth-order valence-corrected chi connectivity index (χ4v) is 2.76. The van der Waals surface area contributed by atoms with E-state index in [1.165, 1.54) is 0 Å². The summed E-state index contributed by atoms with van der Waals surface area (Å²) in [6, 6.07) is 17.7. The molecule has 0 spiro atoms. The van der Waals surface area contributed by atoms with E-state index in [-0.39, 0.29) is 5.91 Å². The molecule has 0 fully saturated rings. The Morgan fingerprint density at radius 2 is 1.76 bits per heavy atom. The average molecular weight is 335 g/mol. The number of nitrogens with zero attached hydrogens (tertiary/aromatic N) is 2. The summed E-state index contributed by atoms with van der Waals surface area (Å²) in [5.74, 6) is -0.132. The average Bonchev–Trinajstić information content (AvgIpc) is 3.03. The van der Waals surface area contributed by atoms with Crippen molar-refractivity contribution in [3.05, 3.63) is 83.2 Å². The number of benzene rings is 2. The Morgan fingerprint density at radius 1 is 1.08 bits per heavy atom. The summed E-state index contributed by atoms with van der Waals surface area (Å²) in [5, 5.41) is 7.32. The minimum Gasteiger partial charge on any atom is -0.380 e. The number of nitrogens with one attached hydrogen (secondary N) is 1. The molecule has 1 N–H and O–H groups in total. The third-order valence-electron chi connectivity index (χ3n) is 4.11. The van der Waals surface area contributed by atoms with E-state index in [9.17, 15) is 4.79 Å². The van der Waals surface area contributed by atoms with Crippen LogP contribution in [-0.2, 0) is 17.9 Å². The molecule has 3 rings (SSSR count). The minimum atomic E-state index is -0.132. The molecule has 0 unspecified atom stereocenters. The highest BCUT2D eigenvalue weighted by molar-refractivity contribution is 5.95. The molecular weight excluding hydrogens is 314 g/mol. The maximum atomic E-state index is 12.6. The molecule has 5 heteroatoms. The first kappa shape index (κ1) is 16.9. The van der Waals surface area contributed by atoms with Crippen LogP contribution in [0.15, 0.2) is 60.8 Å². The zero-order valence-corrected chi connectivity index (χ0v) is 14.4. The van der Waals surface area contributed by atoms with E-state index >= 15 is 0 Å². The van der Waals surface area contributed by atoms with Crippen LogP contribution in [0.25, 0.3) is 5.69 Å². The van der Waals surface area contributed by atoms with Crippen LogP contribution in [0.5, 0.6) is 0 Å². The molecule has 0 aliphatic heterocycles. The van der Waals surface area contributed by atoms with Crippen molar-refractivity contribution in [2.45, 2.75) is 20.1 Å². The molecule has 0 saturated carbocycles. The highest BCUT2D eigenvalue weighted by Gasteiger charge is 2.15. The standard InChI is InChI=1S/C20H21N3O2/c1-15-19(13-22-23(15)18-10-4-3-5-11-18)20(24)21-12-16-8-6-7-9-17(16)14-25-2/h3-11,13H,12,14H2,1-2H3,(H,21,24). The second-order valence-corrected chi connectivity index (χ2v) is 5.78. The van der Waals surface area contributed by atoms with Crippen molar-refractivity contribution in [1.82, 2.24) is 15.1 Å². The van der Waals surface area contributed by atoms with Gasteiger partial charge in [-0.2, -0.15) is 5.10 Å². The summed E-state index contributed by atoms with van der Waals surface area (Å²) in [6.45, 7) is 2.87. The van der Waals surface area contributed by atoms with Gasteiger partial charge in [-0.05, 0) is 30.2 Å². The molecule has 0 bridgehead atoms. The topological polar surface area (TPSA) is 56.1 Å². The zero-order valence-electron chi connectivity index (χ0n) is 14.4. The number of rotatable bonds is 6. The van der Waals surface area contributed by atoms with Gasteiger partial charge in [-0.3, -0.25) is 4.79 Å². The van der Waals surface area contributed by atoms with Gasteiger partial charge in [-0.15, -0.1) is 0 Å². The zero-order chi connectivity index (χ0) is 17.6. The van der Waals surface area contributed by atoms with E-state index in [1.54, 1.807) is 18.0 Å². The fourth-order valence-electron chi connectivity index (χ4n) is 2.76. The number of para-hydroxylation sites is 1. The van der Waals surface area contributed by atoms with Crippen LogP contribution in [0.3, 0.4) is 0 Å². The lowest BCUT2D eigenvalue weighted by molar-refractivity contribution is 0.0950. The Balaban J connectivity index is 1.74. The molecule has 0 atom stereocenters. The molecule has 5 nitrogen and oxygen atoms in total. The fraction of sp³-hybridized carbons (Fsp3) is 0.200. The van der Waals surface area contributed by atoms with E-state index < -0.39 is 0 Å². The third-order valence-corrected chi connectivity index (χ3v) is 4.11. The summed E-state index contributed by atoms with van der Waals surface area (Å²) in [7, 11) is 1.66. The van der Waals surface area contributed by atoms with Gasteiger partial charge in [0.1, 0.15) is 0 Å². The number of methoxy groups -OCH3 is 1. The molecule has 25 heavy (non-hydrogen) atoms. The quantitative estimate of drug-likeness (QED) is 0.752. The van der Waals surface area contributed by atoms with Crippen molar-refractivity contribution in [3.63, 3.8) is 0 Å². The molecule has 1 amide bonds. The van der Waals surface area contributed by atoms with Crippen molar-refractivity contribution in [2.75, 3.05) is 7.11 Å². The van der Waals surface area contributed by atoms with Gasteiger partial charge in [-0.25, -0.2) is 4.68 Å². The largest absolute Gasteiger partial charge is 0.380 e. The number of amides is 1. The van der Waals surface area contributed by atoms with Gasteiger partial charge >= 0.3 is 0 Å². The summed E-state index contributed by atoms with van der Waals surface area (Å²) < 4.78 is 6.98. The lowest BCUT2D eigenvalue weighted by Crippen LogP contribution is -2.24. The first-order valence-corrected chi connectivity index (χ1v) is 8.14. The molecule has 0 aliphatic carbocycles. The van der Waals surface area contributed by atoms with Crippen LogP contribution >= 0.6 is 0 Å². The predicted molar refractivity (Wildman–Crippen MR) is 96.6 cm³/mol. The molecule has 2 aromatic carbocycles. The van der Waals surface area contributed by atoms with E-state index in [4.69, 9.17) is 4.74 Å². The van der Waals surface area contributed by atoms with Crippen LogP contribution < -0.4 is 5.32 Å². The number of ether oxygens (including phenoxy) is 1. The number of carbonyl (C=O) groups is 1. The Bertz CT molecular complexity index is 856. The first-order chi connectivity index (χ1) is 12.2. The molecule has 0 radical (unpaired) electrons. The van der Waals surface area contributed by atoms with E-state index in [1.807, 2.05) is 61.5 Å². The van der Waals surface area contributed by atoms with Crippen LogP contribution in [0, 0.1) is 6.92 Å². The number of carbonyl (C=O) groups excluding carboxylic acids is 1. The molecule has 0 aliphatic rings. The minimum absolute atomic E-state index is 0.132. The normalized spacial score (nSPS) is 10.6. The molecule has 1 aromatic heterocycles. The number of hydrogen-bond donors (Lipinski definition) is 1. The molecule has 128 valence electrons. The Kier molecular flexibility index (Phi) is 5.26. The van der Waals surface area contributed by atoms with Gasteiger partial charge < -0.3 is 10.1 Å². The van der Waals surface area contributed by atoms with Gasteiger partial charge in [0.05, 0.1) is 29.7 Å². The number of aromatic nitrogens is 2. The van der Waals surface area contributed by atoms with Crippen LogP contribution in [0.2, 0.25) is 0 Å². The molecule has 1 heterocycles. The lowest BCUT2D eigenvalue weighted by atomic mass is 10.1. The van der Waals surface area contributed by atoms with E-state index in [2.05, 4.69) is 10.4 Å². The van der Waals surface area contributed by atoms with Gasteiger partial charge in [0.2, 0.25) is 0 Å². The van der Waals surface area contributed by atoms with Gasteiger partial charge in [0.15, 0.2) is 0 Å². The number of hydrogen-bond acceptors (Lipinski definition) is 3. The SMILES string of the molecule is COCc1ccccc1CNC(=O)c1cnn(-c2ccccc2)c1C. The van der Waals surface area contributed by atoms with Crippen LogP contribution in [-0.4, -0.2) is 22.8 Å². The Morgan fingerprint density at radius 3 is 2.48 bits per heavy atom. The smallest absolute Gasteiger partial charge is 0.255 e. The lowest BCUT2D eigenvalue weighted by Gasteiger charge is -2.10. The van der Waals surface area contributed by atoms with Crippen molar-refractivity contribution >= 4 is 5.91 Å². The van der Waals surface area contributed by atoms with Crippen molar-refractivity contribution < 1.29 is 9.53 Å². The molecule has 0 saturated heterocycles. The first-order valence-electron chi connectivity index (χ1n) is 8.14. The van der Waals surface area contributed by atoms with Crippen molar-refractivity contribution in [2.24, 2.45) is 0 Å². The van der Waals surface area contributed by atoms with E-state index in [0.29, 0.717) is 18.7 Å². The molecular formula is C20H21N3O2. The second kappa shape index (κ2) is 7.77. The van der Waals surface area contributed by atoms with Crippen molar-refractivity contribution in [1.29, 1.82) is 0 Å². The Labute approximate surface area is 147 Å².